The highest BCUT2D eigenvalue weighted by atomic mass is 79.9. The minimum Gasteiger partial charge on any atom is -0.369 e. The molecule has 1 saturated heterocycles. The molecule has 3 nitrogen and oxygen atoms in total. The van der Waals surface area contributed by atoms with Crippen LogP contribution in [0.1, 0.15) is 19.4 Å². The minimum atomic E-state index is 0.654. The molecule has 0 bridgehead atoms. The molecular formula is C15H24BrN3. The maximum Gasteiger partial charge on any atom is 0.0378 e. The predicted molar refractivity (Wildman–Crippen MR) is 85.8 cm³/mol. The SMILES string of the molecule is CC(C)N1CCN(c2ccc(CCN)c(Br)c2)CC1. The van der Waals surface area contributed by atoms with Crippen molar-refractivity contribution in [3.63, 3.8) is 0 Å². The van der Waals surface area contributed by atoms with E-state index in [9.17, 15) is 0 Å². The Kier molecular flexibility index (Phi) is 5.25. The van der Waals surface area contributed by atoms with Gasteiger partial charge in [0, 0.05) is 42.4 Å². The lowest BCUT2D eigenvalue weighted by Crippen LogP contribution is -2.48. The Balaban J connectivity index is 2.01. The Bertz CT molecular complexity index is 412. The smallest absolute Gasteiger partial charge is 0.0378 e. The van der Waals surface area contributed by atoms with E-state index in [0.717, 1.165) is 32.6 Å². The van der Waals surface area contributed by atoms with Crippen LogP contribution in [0.25, 0.3) is 0 Å². The van der Waals surface area contributed by atoms with Crippen molar-refractivity contribution in [2.75, 3.05) is 37.6 Å². The molecule has 0 saturated carbocycles. The van der Waals surface area contributed by atoms with E-state index in [0.29, 0.717) is 12.6 Å². The zero-order valence-corrected chi connectivity index (χ0v) is 13.5. The Morgan fingerprint density at radius 1 is 1.21 bits per heavy atom. The summed E-state index contributed by atoms with van der Waals surface area (Å²) >= 11 is 3.66. The summed E-state index contributed by atoms with van der Waals surface area (Å²) in [6.07, 6.45) is 0.933. The number of nitrogens with two attached hydrogens (primary N) is 1. The average Bonchev–Trinajstić information content (AvgIpc) is 2.41. The summed E-state index contributed by atoms with van der Waals surface area (Å²) in [5.74, 6) is 0. The zero-order valence-electron chi connectivity index (χ0n) is 11.9. The van der Waals surface area contributed by atoms with Crippen LogP contribution in [0.4, 0.5) is 5.69 Å². The van der Waals surface area contributed by atoms with Gasteiger partial charge >= 0.3 is 0 Å². The fraction of sp³-hybridized carbons (Fsp3) is 0.600. The van der Waals surface area contributed by atoms with Crippen molar-refractivity contribution in [2.24, 2.45) is 5.73 Å². The lowest BCUT2D eigenvalue weighted by molar-refractivity contribution is 0.209. The zero-order chi connectivity index (χ0) is 13.8. The van der Waals surface area contributed by atoms with Crippen LogP contribution in [0.5, 0.6) is 0 Å². The summed E-state index contributed by atoms with van der Waals surface area (Å²) in [5, 5.41) is 0. The van der Waals surface area contributed by atoms with Gasteiger partial charge in [0.2, 0.25) is 0 Å². The van der Waals surface area contributed by atoms with Gasteiger partial charge in [-0.3, -0.25) is 4.90 Å². The minimum absolute atomic E-state index is 0.654. The number of piperazine rings is 1. The highest BCUT2D eigenvalue weighted by Gasteiger charge is 2.19. The summed E-state index contributed by atoms with van der Waals surface area (Å²) in [6.45, 7) is 9.77. The van der Waals surface area contributed by atoms with Crippen LogP contribution in [0.15, 0.2) is 22.7 Å². The van der Waals surface area contributed by atoms with Gasteiger partial charge < -0.3 is 10.6 Å². The molecule has 106 valence electrons. The van der Waals surface area contributed by atoms with Crippen LogP contribution in [0.2, 0.25) is 0 Å². The van der Waals surface area contributed by atoms with Gasteiger partial charge in [0.25, 0.3) is 0 Å². The van der Waals surface area contributed by atoms with E-state index >= 15 is 0 Å². The van der Waals surface area contributed by atoms with Crippen molar-refractivity contribution in [1.29, 1.82) is 0 Å². The quantitative estimate of drug-likeness (QED) is 0.923. The molecule has 0 atom stereocenters. The van der Waals surface area contributed by atoms with Crippen molar-refractivity contribution in [1.82, 2.24) is 4.90 Å². The molecule has 1 fully saturated rings. The van der Waals surface area contributed by atoms with Crippen LogP contribution < -0.4 is 10.6 Å². The van der Waals surface area contributed by atoms with E-state index in [-0.39, 0.29) is 0 Å². The molecule has 1 heterocycles. The predicted octanol–water partition coefficient (Wildman–Crippen LogP) is 2.48. The summed E-state index contributed by atoms with van der Waals surface area (Å²) < 4.78 is 1.18. The lowest BCUT2D eigenvalue weighted by Gasteiger charge is -2.38. The van der Waals surface area contributed by atoms with E-state index in [1.807, 2.05) is 0 Å². The molecule has 0 spiro atoms. The van der Waals surface area contributed by atoms with Gasteiger partial charge in [-0.15, -0.1) is 0 Å². The van der Waals surface area contributed by atoms with Gasteiger partial charge in [-0.2, -0.15) is 0 Å². The number of hydrogen-bond donors (Lipinski definition) is 1. The van der Waals surface area contributed by atoms with E-state index in [4.69, 9.17) is 5.73 Å². The Hall–Kier alpha value is -0.580. The van der Waals surface area contributed by atoms with Crippen molar-refractivity contribution < 1.29 is 0 Å². The summed E-state index contributed by atoms with van der Waals surface area (Å²) in [7, 11) is 0. The monoisotopic (exact) mass is 325 g/mol. The number of anilines is 1. The van der Waals surface area contributed by atoms with Gasteiger partial charge in [-0.1, -0.05) is 22.0 Å². The van der Waals surface area contributed by atoms with Crippen molar-refractivity contribution in [2.45, 2.75) is 26.3 Å². The number of rotatable bonds is 4. The van der Waals surface area contributed by atoms with Crippen LogP contribution in [-0.4, -0.2) is 43.7 Å². The molecule has 1 aliphatic heterocycles. The van der Waals surface area contributed by atoms with E-state index in [1.165, 1.54) is 15.7 Å². The third-order valence-electron chi connectivity index (χ3n) is 3.86. The lowest BCUT2D eigenvalue weighted by atomic mass is 10.1. The van der Waals surface area contributed by atoms with Crippen molar-refractivity contribution in [3.05, 3.63) is 28.2 Å². The average molecular weight is 326 g/mol. The summed E-state index contributed by atoms with van der Waals surface area (Å²) in [4.78, 5) is 5.00. The second-order valence-electron chi connectivity index (χ2n) is 5.43. The molecule has 0 aromatic heterocycles. The van der Waals surface area contributed by atoms with Crippen molar-refractivity contribution >= 4 is 21.6 Å². The van der Waals surface area contributed by atoms with Crippen molar-refractivity contribution in [3.8, 4) is 0 Å². The molecule has 0 unspecified atom stereocenters. The maximum absolute atomic E-state index is 5.62. The fourth-order valence-corrected chi connectivity index (χ4v) is 3.15. The first-order valence-electron chi connectivity index (χ1n) is 7.09. The van der Waals surface area contributed by atoms with E-state index in [2.05, 4.69) is 57.8 Å². The third-order valence-corrected chi connectivity index (χ3v) is 4.60. The van der Waals surface area contributed by atoms with Crippen LogP contribution in [0, 0.1) is 0 Å². The largest absolute Gasteiger partial charge is 0.369 e. The first kappa shape index (κ1) is 14.8. The summed E-state index contributed by atoms with van der Waals surface area (Å²) in [5.41, 5.74) is 8.23. The molecule has 2 rings (SSSR count). The fourth-order valence-electron chi connectivity index (χ4n) is 2.59. The van der Waals surface area contributed by atoms with Gasteiger partial charge in [0.1, 0.15) is 0 Å². The van der Waals surface area contributed by atoms with Gasteiger partial charge in [0.05, 0.1) is 0 Å². The molecule has 19 heavy (non-hydrogen) atoms. The first-order valence-corrected chi connectivity index (χ1v) is 7.88. The van der Waals surface area contributed by atoms with Crippen LogP contribution in [-0.2, 0) is 6.42 Å². The Labute approximate surface area is 124 Å². The van der Waals surface area contributed by atoms with Gasteiger partial charge in [-0.25, -0.2) is 0 Å². The molecule has 1 aliphatic rings. The standard InChI is InChI=1S/C15H24BrN3/c1-12(2)18-7-9-19(10-8-18)14-4-3-13(5-6-17)15(16)11-14/h3-4,11-12H,5-10,17H2,1-2H3. The maximum atomic E-state index is 5.62. The Morgan fingerprint density at radius 3 is 2.42 bits per heavy atom. The van der Waals surface area contributed by atoms with E-state index in [1.54, 1.807) is 0 Å². The molecule has 4 heteroatoms. The Morgan fingerprint density at radius 2 is 1.89 bits per heavy atom. The molecule has 0 aliphatic carbocycles. The molecule has 0 amide bonds. The second-order valence-corrected chi connectivity index (χ2v) is 6.29. The molecule has 1 aromatic carbocycles. The highest BCUT2D eigenvalue weighted by Crippen LogP contribution is 2.25. The van der Waals surface area contributed by atoms with Gasteiger partial charge in [-0.05, 0) is 44.5 Å². The number of halogens is 1. The van der Waals surface area contributed by atoms with Crippen LogP contribution in [0.3, 0.4) is 0 Å². The van der Waals surface area contributed by atoms with E-state index < -0.39 is 0 Å². The van der Waals surface area contributed by atoms with Crippen LogP contribution >= 0.6 is 15.9 Å². The number of nitrogens with zero attached hydrogens (tertiary/aromatic N) is 2. The molecule has 2 N–H and O–H groups in total. The second kappa shape index (κ2) is 6.73. The topological polar surface area (TPSA) is 32.5 Å². The third kappa shape index (κ3) is 3.71. The highest BCUT2D eigenvalue weighted by molar-refractivity contribution is 9.10. The number of benzene rings is 1. The number of hydrogen-bond acceptors (Lipinski definition) is 3. The van der Waals surface area contributed by atoms with Gasteiger partial charge in [0.15, 0.2) is 0 Å². The first-order chi connectivity index (χ1) is 9.11. The molecule has 1 aromatic rings. The molecular weight excluding hydrogens is 302 g/mol. The normalized spacial score (nSPS) is 17.2. The molecule has 0 radical (unpaired) electrons. The summed E-state index contributed by atoms with van der Waals surface area (Å²) in [6, 6.07) is 7.30.